The number of hydrogen-bond acceptors (Lipinski definition) is 5. The molecule has 1 saturated heterocycles. The zero-order chi connectivity index (χ0) is 19.0. The van der Waals surface area contributed by atoms with E-state index in [0.717, 1.165) is 24.3 Å². The molecule has 2 fully saturated rings. The third kappa shape index (κ3) is 3.58. The molecule has 0 radical (unpaired) electrons. The average Bonchev–Trinajstić information content (AvgIpc) is 3.31. The first-order chi connectivity index (χ1) is 13.0. The highest BCUT2D eigenvalue weighted by atomic mass is 32.2. The Morgan fingerprint density at radius 3 is 2.41 bits per heavy atom. The Hall–Kier alpha value is -1.64. The molecule has 7 nitrogen and oxygen atoms in total. The fourth-order valence-electron chi connectivity index (χ4n) is 4.19. The SMILES string of the molecule is Cc1[nH]nc(-c2ccc(S(=O)(=O)N3CCN(C4CCCCC4)CC3)o2)c1C. The van der Waals surface area contributed by atoms with Crippen molar-refractivity contribution in [2.24, 2.45) is 0 Å². The summed E-state index contributed by atoms with van der Waals surface area (Å²) in [5, 5.41) is 7.13. The van der Waals surface area contributed by atoms with Gasteiger partial charge < -0.3 is 4.42 Å². The summed E-state index contributed by atoms with van der Waals surface area (Å²) < 4.78 is 33.2. The van der Waals surface area contributed by atoms with Crippen molar-refractivity contribution in [3.63, 3.8) is 0 Å². The van der Waals surface area contributed by atoms with Crippen molar-refractivity contribution >= 4 is 10.0 Å². The maximum absolute atomic E-state index is 13.0. The van der Waals surface area contributed by atoms with E-state index in [9.17, 15) is 8.42 Å². The predicted molar refractivity (Wildman–Crippen MR) is 103 cm³/mol. The molecular formula is C19H28N4O3S. The molecule has 148 valence electrons. The van der Waals surface area contributed by atoms with Gasteiger partial charge in [-0.25, -0.2) is 8.42 Å². The van der Waals surface area contributed by atoms with Crippen LogP contribution in [-0.4, -0.2) is 60.0 Å². The lowest BCUT2D eigenvalue weighted by Gasteiger charge is -2.39. The van der Waals surface area contributed by atoms with Gasteiger partial charge in [-0.1, -0.05) is 19.3 Å². The molecule has 0 aromatic carbocycles. The normalized spacial score (nSPS) is 21.0. The Morgan fingerprint density at radius 1 is 1.07 bits per heavy atom. The van der Waals surface area contributed by atoms with E-state index in [1.165, 1.54) is 32.1 Å². The number of aromatic amines is 1. The molecule has 0 bridgehead atoms. The minimum absolute atomic E-state index is 0.00340. The number of aromatic nitrogens is 2. The second-order valence-corrected chi connectivity index (χ2v) is 9.54. The Balaban J connectivity index is 1.45. The molecule has 2 aliphatic rings. The highest BCUT2D eigenvalue weighted by molar-refractivity contribution is 7.89. The van der Waals surface area contributed by atoms with Crippen LogP contribution in [0.3, 0.4) is 0 Å². The van der Waals surface area contributed by atoms with Crippen LogP contribution in [0.5, 0.6) is 0 Å². The predicted octanol–water partition coefficient (Wildman–Crippen LogP) is 2.93. The van der Waals surface area contributed by atoms with Crippen LogP contribution in [0.4, 0.5) is 0 Å². The number of piperazine rings is 1. The maximum Gasteiger partial charge on any atom is 0.276 e. The number of sulfonamides is 1. The van der Waals surface area contributed by atoms with Gasteiger partial charge in [-0.3, -0.25) is 10.00 Å². The minimum atomic E-state index is -3.61. The van der Waals surface area contributed by atoms with Gasteiger partial charge in [-0.15, -0.1) is 0 Å². The number of nitrogens with zero attached hydrogens (tertiary/aromatic N) is 3. The van der Waals surface area contributed by atoms with Crippen molar-refractivity contribution in [2.75, 3.05) is 26.2 Å². The lowest BCUT2D eigenvalue weighted by molar-refractivity contribution is 0.110. The second-order valence-electron chi connectivity index (χ2n) is 7.67. The standard InChI is InChI=1S/C19H28N4O3S/c1-14-15(2)20-21-19(14)17-8-9-18(26-17)27(24,25)23-12-10-22(11-13-23)16-6-4-3-5-7-16/h8-9,16H,3-7,10-13H2,1-2H3,(H,20,21). The van der Waals surface area contributed by atoms with Gasteiger partial charge in [0.15, 0.2) is 5.76 Å². The van der Waals surface area contributed by atoms with Crippen LogP contribution in [0.1, 0.15) is 43.4 Å². The van der Waals surface area contributed by atoms with Crippen molar-refractivity contribution in [1.82, 2.24) is 19.4 Å². The van der Waals surface area contributed by atoms with E-state index in [4.69, 9.17) is 4.42 Å². The summed E-state index contributed by atoms with van der Waals surface area (Å²) in [6, 6.07) is 3.86. The lowest BCUT2D eigenvalue weighted by atomic mass is 9.94. The number of rotatable bonds is 4. The molecule has 1 N–H and O–H groups in total. The van der Waals surface area contributed by atoms with Crippen molar-refractivity contribution in [2.45, 2.75) is 57.1 Å². The molecule has 8 heteroatoms. The molecule has 0 atom stereocenters. The molecule has 0 spiro atoms. The number of hydrogen-bond donors (Lipinski definition) is 1. The number of furan rings is 1. The van der Waals surface area contributed by atoms with Gasteiger partial charge in [0.2, 0.25) is 5.09 Å². The smallest absolute Gasteiger partial charge is 0.276 e. The molecule has 2 aromatic rings. The zero-order valence-electron chi connectivity index (χ0n) is 16.1. The Kier molecular flexibility index (Phi) is 5.13. The first-order valence-corrected chi connectivity index (χ1v) is 11.3. The van der Waals surface area contributed by atoms with Gasteiger partial charge in [-0.05, 0) is 38.8 Å². The van der Waals surface area contributed by atoms with Crippen LogP contribution in [0.25, 0.3) is 11.5 Å². The fraction of sp³-hybridized carbons (Fsp3) is 0.632. The van der Waals surface area contributed by atoms with Gasteiger partial charge in [0, 0.05) is 43.5 Å². The zero-order valence-corrected chi connectivity index (χ0v) is 16.9. The molecule has 27 heavy (non-hydrogen) atoms. The van der Waals surface area contributed by atoms with E-state index in [1.807, 2.05) is 13.8 Å². The largest absolute Gasteiger partial charge is 0.442 e. The first kappa shape index (κ1) is 18.7. The first-order valence-electron chi connectivity index (χ1n) is 9.83. The minimum Gasteiger partial charge on any atom is -0.442 e. The van der Waals surface area contributed by atoms with Crippen molar-refractivity contribution in [3.05, 3.63) is 23.4 Å². The van der Waals surface area contributed by atoms with E-state index in [0.29, 0.717) is 30.6 Å². The van der Waals surface area contributed by atoms with Crippen molar-refractivity contribution in [1.29, 1.82) is 0 Å². The third-order valence-electron chi connectivity index (χ3n) is 6.03. The average molecular weight is 393 g/mol. The fourth-order valence-corrected chi connectivity index (χ4v) is 5.53. The summed E-state index contributed by atoms with van der Waals surface area (Å²) in [6.07, 6.45) is 6.42. The van der Waals surface area contributed by atoms with E-state index in [-0.39, 0.29) is 5.09 Å². The second kappa shape index (κ2) is 7.41. The molecule has 0 amide bonds. The van der Waals surface area contributed by atoms with Gasteiger partial charge in [-0.2, -0.15) is 9.40 Å². The highest BCUT2D eigenvalue weighted by Gasteiger charge is 2.33. The maximum atomic E-state index is 13.0. The molecule has 0 unspecified atom stereocenters. The summed E-state index contributed by atoms with van der Waals surface area (Å²) >= 11 is 0. The summed E-state index contributed by atoms with van der Waals surface area (Å²) in [4.78, 5) is 2.47. The molecule has 1 aliphatic heterocycles. The Morgan fingerprint density at radius 2 is 1.78 bits per heavy atom. The number of nitrogens with one attached hydrogen (secondary N) is 1. The molecule has 3 heterocycles. The molecule has 2 aromatic heterocycles. The van der Waals surface area contributed by atoms with Crippen LogP contribution >= 0.6 is 0 Å². The monoisotopic (exact) mass is 392 g/mol. The van der Waals surface area contributed by atoms with E-state index < -0.39 is 10.0 Å². The van der Waals surface area contributed by atoms with E-state index in [2.05, 4.69) is 15.1 Å². The summed E-state index contributed by atoms with van der Waals surface area (Å²) in [5.41, 5.74) is 2.58. The number of H-pyrrole nitrogens is 1. The summed E-state index contributed by atoms with van der Waals surface area (Å²) in [6.45, 7) is 6.52. The quantitative estimate of drug-likeness (QED) is 0.865. The van der Waals surface area contributed by atoms with Crippen molar-refractivity contribution < 1.29 is 12.8 Å². The molecular weight excluding hydrogens is 364 g/mol. The van der Waals surface area contributed by atoms with Crippen molar-refractivity contribution in [3.8, 4) is 11.5 Å². The molecule has 1 saturated carbocycles. The van der Waals surface area contributed by atoms with E-state index >= 15 is 0 Å². The van der Waals surface area contributed by atoms with Crippen LogP contribution in [-0.2, 0) is 10.0 Å². The topological polar surface area (TPSA) is 82.4 Å². The van der Waals surface area contributed by atoms with E-state index in [1.54, 1.807) is 16.4 Å². The summed E-state index contributed by atoms with van der Waals surface area (Å²) in [5.74, 6) is 0.483. The van der Waals surface area contributed by atoms with Gasteiger partial charge in [0.05, 0.1) is 0 Å². The third-order valence-corrected chi connectivity index (χ3v) is 7.80. The highest BCUT2D eigenvalue weighted by Crippen LogP contribution is 2.29. The Labute approximate surface area is 160 Å². The van der Waals surface area contributed by atoms with Gasteiger partial charge in [0.1, 0.15) is 5.69 Å². The van der Waals surface area contributed by atoms with Crippen LogP contribution in [0.2, 0.25) is 0 Å². The molecule has 4 rings (SSSR count). The van der Waals surface area contributed by atoms with Crippen LogP contribution in [0, 0.1) is 13.8 Å². The molecule has 1 aliphatic carbocycles. The van der Waals surface area contributed by atoms with Crippen LogP contribution in [0.15, 0.2) is 21.6 Å². The Bertz CT molecular complexity index is 888. The van der Waals surface area contributed by atoms with Gasteiger partial charge in [0.25, 0.3) is 10.0 Å². The van der Waals surface area contributed by atoms with Gasteiger partial charge >= 0.3 is 0 Å². The van der Waals surface area contributed by atoms with Crippen LogP contribution < -0.4 is 0 Å². The lowest BCUT2D eigenvalue weighted by Crippen LogP contribution is -2.52. The summed E-state index contributed by atoms with van der Waals surface area (Å²) in [7, 11) is -3.61. The number of aryl methyl sites for hydroxylation is 1.